The zero-order chi connectivity index (χ0) is 15.8. The van der Waals surface area contributed by atoms with Gasteiger partial charge in [-0.25, -0.2) is 4.39 Å². The molecular formula is C16H25FN2O2. The molecule has 0 spiro atoms. The number of nitrogens with one attached hydrogen (secondary N) is 2. The number of amides is 1. The van der Waals surface area contributed by atoms with Crippen LogP contribution in [-0.2, 0) is 4.79 Å². The smallest absolute Gasteiger partial charge is 0.225 e. The van der Waals surface area contributed by atoms with E-state index in [9.17, 15) is 14.3 Å². The number of anilines is 1. The van der Waals surface area contributed by atoms with Crippen LogP contribution in [-0.4, -0.2) is 29.7 Å². The second-order valence-electron chi connectivity index (χ2n) is 5.71. The predicted octanol–water partition coefficient (Wildman–Crippen LogP) is 2.54. The van der Waals surface area contributed by atoms with Gasteiger partial charge in [-0.3, -0.25) is 4.79 Å². The maximum atomic E-state index is 12.8. The standard InChI is InChI=1S/C16H25FN2O2/c1-11(2)15(20)8-9-18-12(3)10-16(21)19-14-6-4-13(17)5-7-14/h4-7,11-12,15,18,20H,8-10H2,1-3H3,(H,19,21). The highest BCUT2D eigenvalue weighted by Crippen LogP contribution is 2.09. The van der Waals surface area contributed by atoms with Gasteiger partial charge in [0.05, 0.1) is 6.10 Å². The summed E-state index contributed by atoms with van der Waals surface area (Å²) in [6.07, 6.45) is 0.675. The Labute approximate surface area is 125 Å². The van der Waals surface area contributed by atoms with Gasteiger partial charge in [-0.05, 0) is 50.1 Å². The van der Waals surface area contributed by atoms with E-state index in [0.29, 0.717) is 25.1 Å². The first-order valence-electron chi connectivity index (χ1n) is 7.35. The molecule has 0 bridgehead atoms. The molecule has 2 unspecified atom stereocenters. The quantitative estimate of drug-likeness (QED) is 0.691. The average Bonchev–Trinajstić information content (AvgIpc) is 2.41. The minimum Gasteiger partial charge on any atom is -0.393 e. The molecule has 0 radical (unpaired) electrons. The molecule has 1 rings (SSSR count). The van der Waals surface area contributed by atoms with E-state index in [1.807, 2.05) is 20.8 Å². The van der Waals surface area contributed by atoms with E-state index >= 15 is 0 Å². The molecular weight excluding hydrogens is 271 g/mol. The van der Waals surface area contributed by atoms with Gasteiger partial charge in [0.25, 0.3) is 0 Å². The van der Waals surface area contributed by atoms with Gasteiger partial charge in [0.15, 0.2) is 0 Å². The van der Waals surface area contributed by atoms with Crippen molar-refractivity contribution in [2.75, 3.05) is 11.9 Å². The molecule has 0 heterocycles. The van der Waals surface area contributed by atoms with Crippen molar-refractivity contribution in [1.82, 2.24) is 5.32 Å². The lowest BCUT2D eigenvalue weighted by atomic mass is 10.0. The number of aliphatic hydroxyl groups excluding tert-OH is 1. The number of halogens is 1. The minimum absolute atomic E-state index is 0.0183. The normalized spacial score (nSPS) is 14.0. The summed E-state index contributed by atoms with van der Waals surface area (Å²) >= 11 is 0. The van der Waals surface area contributed by atoms with Crippen LogP contribution in [0.4, 0.5) is 10.1 Å². The average molecular weight is 296 g/mol. The first-order valence-corrected chi connectivity index (χ1v) is 7.35. The van der Waals surface area contributed by atoms with Gasteiger partial charge in [0, 0.05) is 18.2 Å². The van der Waals surface area contributed by atoms with E-state index in [1.165, 1.54) is 24.3 Å². The van der Waals surface area contributed by atoms with Crippen molar-refractivity contribution >= 4 is 11.6 Å². The Morgan fingerprint density at radius 1 is 1.24 bits per heavy atom. The molecule has 0 aliphatic heterocycles. The summed E-state index contributed by atoms with van der Waals surface area (Å²) in [4.78, 5) is 11.8. The van der Waals surface area contributed by atoms with Gasteiger partial charge in [0.1, 0.15) is 5.82 Å². The van der Waals surface area contributed by atoms with Gasteiger partial charge in [-0.1, -0.05) is 13.8 Å². The highest BCUT2D eigenvalue weighted by Gasteiger charge is 2.11. The zero-order valence-corrected chi connectivity index (χ0v) is 12.9. The van der Waals surface area contributed by atoms with Crippen LogP contribution < -0.4 is 10.6 Å². The molecule has 1 amide bonds. The van der Waals surface area contributed by atoms with Crippen LogP contribution in [0.1, 0.15) is 33.6 Å². The van der Waals surface area contributed by atoms with E-state index < -0.39 is 0 Å². The maximum Gasteiger partial charge on any atom is 0.225 e. The Bertz CT molecular complexity index is 434. The lowest BCUT2D eigenvalue weighted by Gasteiger charge is -2.17. The van der Waals surface area contributed by atoms with Gasteiger partial charge in [-0.15, -0.1) is 0 Å². The molecule has 0 aliphatic carbocycles. The van der Waals surface area contributed by atoms with E-state index in [1.54, 1.807) is 0 Å². The Hall–Kier alpha value is -1.46. The number of aliphatic hydroxyl groups is 1. The molecule has 0 fully saturated rings. The van der Waals surface area contributed by atoms with Crippen molar-refractivity contribution in [2.24, 2.45) is 5.92 Å². The molecule has 0 aliphatic rings. The monoisotopic (exact) mass is 296 g/mol. The molecule has 21 heavy (non-hydrogen) atoms. The second-order valence-corrected chi connectivity index (χ2v) is 5.71. The Kier molecular flexibility index (Phi) is 7.32. The summed E-state index contributed by atoms with van der Waals surface area (Å²) in [5.41, 5.74) is 0.587. The number of hydrogen-bond donors (Lipinski definition) is 3. The van der Waals surface area contributed by atoms with Crippen LogP contribution in [0.3, 0.4) is 0 Å². The topological polar surface area (TPSA) is 61.4 Å². The third-order valence-corrected chi connectivity index (χ3v) is 3.32. The fourth-order valence-electron chi connectivity index (χ4n) is 1.91. The van der Waals surface area contributed by atoms with E-state index in [-0.39, 0.29) is 29.8 Å². The van der Waals surface area contributed by atoms with E-state index in [2.05, 4.69) is 10.6 Å². The van der Waals surface area contributed by atoms with Gasteiger partial charge >= 0.3 is 0 Å². The first-order chi connectivity index (χ1) is 9.88. The van der Waals surface area contributed by atoms with Crippen LogP contribution in [0.15, 0.2) is 24.3 Å². The number of rotatable bonds is 8. The number of carbonyl (C=O) groups is 1. The first kappa shape index (κ1) is 17.6. The fourth-order valence-corrected chi connectivity index (χ4v) is 1.91. The molecule has 5 heteroatoms. The third kappa shape index (κ3) is 7.20. The van der Waals surface area contributed by atoms with Crippen molar-refractivity contribution in [1.29, 1.82) is 0 Å². The van der Waals surface area contributed by atoms with Gasteiger partial charge in [0.2, 0.25) is 5.91 Å². The van der Waals surface area contributed by atoms with Crippen molar-refractivity contribution in [3.8, 4) is 0 Å². The number of hydrogen-bond acceptors (Lipinski definition) is 3. The lowest BCUT2D eigenvalue weighted by molar-refractivity contribution is -0.116. The zero-order valence-electron chi connectivity index (χ0n) is 12.9. The fraction of sp³-hybridized carbons (Fsp3) is 0.562. The van der Waals surface area contributed by atoms with E-state index in [4.69, 9.17) is 0 Å². The van der Waals surface area contributed by atoms with Gasteiger partial charge < -0.3 is 15.7 Å². The van der Waals surface area contributed by atoms with Crippen LogP contribution in [0, 0.1) is 11.7 Å². The van der Waals surface area contributed by atoms with Crippen molar-refractivity contribution < 1.29 is 14.3 Å². The molecule has 118 valence electrons. The van der Waals surface area contributed by atoms with Crippen LogP contribution in [0.2, 0.25) is 0 Å². The largest absolute Gasteiger partial charge is 0.393 e. The van der Waals surface area contributed by atoms with Crippen LogP contribution in [0.25, 0.3) is 0 Å². The Balaban J connectivity index is 2.26. The molecule has 1 aromatic rings. The van der Waals surface area contributed by atoms with Crippen molar-refractivity contribution in [3.63, 3.8) is 0 Å². The highest BCUT2D eigenvalue weighted by molar-refractivity contribution is 5.90. The Morgan fingerprint density at radius 3 is 2.43 bits per heavy atom. The van der Waals surface area contributed by atoms with Crippen molar-refractivity contribution in [3.05, 3.63) is 30.1 Å². The Morgan fingerprint density at radius 2 is 1.86 bits per heavy atom. The molecule has 0 saturated heterocycles. The molecule has 1 aromatic carbocycles. The number of carbonyl (C=O) groups excluding carboxylic acids is 1. The number of benzene rings is 1. The summed E-state index contributed by atoms with van der Waals surface area (Å²) in [7, 11) is 0. The second kappa shape index (κ2) is 8.74. The molecule has 2 atom stereocenters. The summed E-state index contributed by atoms with van der Waals surface area (Å²) in [5, 5.41) is 15.6. The van der Waals surface area contributed by atoms with Crippen LogP contribution >= 0.6 is 0 Å². The minimum atomic E-state index is -0.327. The van der Waals surface area contributed by atoms with E-state index in [0.717, 1.165) is 0 Å². The molecule has 4 nitrogen and oxygen atoms in total. The van der Waals surface area contributed by atoms with Crippen LogP contribution in [0.5, 0.6) is 0 Å². The maximum absolute atomic E-state index is 12.8. The van der Waals surface area contributed by atoms with Gasteiger partial charge in [-0.2, -0.15) is 0 Å². The predicted molar refractivity (Wildman–Crippen MR) is 82.6 cm³/mol. The summed E-state index contributed by atoms with van der Waals surface area (Å²) in [6.45, 7) is 6.55. The van der Waals surface area contributed by atoms with Crippen molar-refractivity contribution in [2.45, 2.75) is 45.8 Å². The highest BCUT2D eigenvalue weighted by atomic mass is 19.1. The molecule has 0 aromatic heterocycles. The molecule has 0 saturated carbocycles. The SMILES string of the molecule is CC(CC(=O)Nc1ccc(F)cc1)NCCC(O)C(C)C. The summed E-state index contributed by atoms with van der Waals surface area (Å²) in [6, 6.07) is 5.70. The lowest BCUT2D eigenvalue weighted by Crippen LogP contribution is -2.33. The third-order valence-electron chi connectivity index (χ3n) is 3.32. The summed E-state index contributed by atoms with van der Waals surface area (Å²) < 4.78 is 12.8. The summed E-state index contributed by atoms with van der Waals surface area (Å²) in [5.74, 6) is -0.207. The molecule has 3 N–H and O–H groups in total.